The molecule has 2 amide bonds. The predicted octanol–water partition coefficient (Wildman–Crippen LogP) is 3.50. The fourth-order valence-electron chi connectivity index (χ4n) is 2.59. The van der Waals surface area contributed by atoms with E-state index in [1.54, 1.807) is 36.2 Å². The first-order valence-corrected chi connectivity index (χ1v) is 8.80. The van der Waals surface area contributed by atoms with E-state index in [1.165, 1.54) is 0 Å². The summed E-state index contributed by atoms with van der Waals surface area (Å²) < 4.78 is 5.39. The van der Waals surface area contributed by atoms with Crippen molar-refractivity contribution in [2.24, 2.45) is 5.92 Å². The lowest BCUT2D eigenvalue weighted by molar-refractivity contribution is -0.121. The maximum Gasteiger partial charge on any atom is 0.251 e. The van der Waals surface area contributed by atoms with Crippen molar-refractivity contribution >= 4 is 17.5 Å². The summed E-state index contributed by atoms with van der Waals surface area (Å²) in [7, 11) is 1.72. The first kappa shape index (κ1) is 19.5. The fraction of sp³-hybridized carbons (Fsp3) is 0.333. The van der Waals surface area contributed by atoms with E-state index in [0.29, 0.717) is 17.9 Å². The summed E-state index contributed by atoms with van der Waals surface area (Å²) in [5.41, 5.74) is 1.28. The molecule has 138 valence electrons. The number of nitrogens with one attached hydrogen (secondary N) is 1. The molecule has 1 unspecified atom stereocenters. The van der Waals surface area contributed by atoms with Crippen LogP contribution >= 0.6 is 0 Å². The molecule has 0 aliphatic rings. The van der Waals surface area contributed by atoms with Gasteiger partial charge in [0.1, 0.15) is 11.8 Å². The van der Waals surface area contributed by atoms with Gasteiger partial charge in [0.15, 0.2) is 0 Å². The van der Waals surface area contributed by atoms with Gasteiger partial charge >= 0.3 is 0 Å². The van der Waals surface area contributed by atoms with Crippen LogP contribution in [0.4, 0.5) is 5.69 Å². The number of benzene rings is 2. The van der Waals surface area contributed by atoms with Crippen molar-refractivity contribution in [3.63, 3.8) is 0 Å². The molecular formula is C21H26N2O3. The molecule has 5 heteroatoms. The number of carbonyl (C=O) groups excluding carboxylic acids is 2. The third-order valence-electron chi connectivity index (χ3n) is 4.12. The van der Waals surface area contributed by atoms with Crippen molar-refractivity contribution in [1.82, 2.24) is 5.32 Å². The number of hydrogen-bond acceptors (Lipinski definition) is 3. The van der Waals surface area contributed by atoms with Crippen LogP contribution in [0.25, 0.3) is 0 Å². The van der Waals surface area contributed by atoms with Gasteiger partial charge in [-0.15, -0.1) is 0 Å². The SMILES string of the molecule is CCOc1ccc(C(=O)NC(C(=O)N(C)c2ccccc2)C(C)C)cc1. The lowest BCUT2D eigenvalue weighted by Gasteiger charge is -2.27. The average Bonchev–Trinajstić information content (AvgIpc) is 2.66. The van der Waals surface area contributed by atoms with Crippen LogP contribution in [0, 0.1) is 5.92 Å². The lowest BCUT2D eigenvalue weighted by atomic mass is 10.0. The van der Waals surface area contributed by atoms with Crippen molar-refractivity contribution in [3.05, 3.63) is 60.2 Å². The topological polar surface area (TPSA) is 58.6 Å². The first-order valence-electron chi connectivity index (χ1n) is 8.80. The van der Waals surface area contributed by atoms with E-state index in [2.05, 4.69) is 5.32 Å². The smallest absolute Gasteiger partial charge is 0.251 e. The number of amides is 2. The summed E-state index contributed by atoms with van der Waals surface area (Å²) in [5.74, 6) is 0.247. The van der Waals surface area contributed by atoms with Crippen LogP contribution in [0.1, 0.15) is 31.1 Å². The Morgan fingerprint density at radius 2 is 1.65 bits per heavy atom. The highest BCUT2D eigenvalue weighted by molar-refractivity contribution is 6.02. The number of hydrogen-bond donors (Lipinski definition) is 1. The van der Waals surface area contributed by atoms with Crippen LogP contribution in [0.15, 0.2) is 54.6 Å². The summed E-state index contributed by atoms with van der Waals surface area (Å²) >= 11 is 0. The van der Waals surface area contributed by atoms with Crippen molar-refractivity contribution in [3.8, 4) is 5.75 Å². The zero-order chi connectivity index (χ0) is 19.1. The lowest BCUT2D eigenvalue weighted by Crippen LogP contribution is -2.50. The van der Waals surface area contributed by atoms with Gasteiger partial charge in [0.05, 0.1) is 6.61 Å². The minimum absolute atomic E-state index is 0.0414. The third kappa shape index (κ3) is 4.85. The number of carbonyl (C=O) groups is 2. The van der Waals surface area contributed by atoms with Gasteiger partial charge in [-0.1, -0.05) is 32.0 Å². The number of anilines is 1. The molecule has 2 aromatic rings. The van der Waals surface area contributed by atoms with Crippen molar-refractivity contribution in [2.45, 2.75) is 26.8 Å². The van der Waals surface area contributed by atoms with E-state index in [1.807, 2.05) is 51.1 Å². The summed E-state index contributed by atoms with van der Waals surface area (Å²) in [6.45, 7) is 6.31. The molecule has 0 radical (unpaired) electrons. The largest absolute Gasteiger partial charge is 0.494 e. The maximum atomic E-state index is 12.9. The molecule has 26 heavy (non-hydrogen) atoms. The van der Waals surface area contributed by atoms with E-state index in [4.69, 9.17) is 4.74 Å². The Labute approximate surface area is 155 Å². The third-order valence-corrected chi connectivity index (χ3v) is 4.12. The fourth-order valence-corrected chi connectivity index (χ4v) is 2.59. The number of likely N-dealkylation sites (N-methyl/N-ethyl adjacent to an activating group) is 1. The molecule has 2 rings (SSSR count). The monoisotopic (exact) mass is 354 g/mol. The molecule has 0 aromatic heterocycles. The van der Waals surface area contributed by atoms with Crippen LogP contribution in [-0.2, 0) is 4.79 Å². The van der Waals surface area contributed by atoms with Gasteiger partial charge in [-0.25, -0.2) is 0 Å². The second-order valence-corrected chi connectivity index (χ2v) is 6.39. The van der Waals surface area contributed by atoms with Crippen molar-refractivity contribution in [1.29, 1.82) is 0 Å². The van der Waals surface area contributed by atoms with E-state index < -0.39 is 6.04 Å². The molecule has 0 saturated heterocycles. The number of rotatable bonds is 7. The summed E-state index contributed by atoms with van der Waals surface area (Å²) in [6, 6.07) is 15.7. The van der Waals surface area contributed by atoms with Crippen molar-refractivity contribution in [2.75, 3.05) is 18.6 Å². The molecule has 0 aliphatic heterocycles. The molecule has 0 fully saturated rings. The quantitative estimate of drug-likeness (QED) is 0.828. The number of ether oxygens (including phenoxy) is 1. The van der Waals surface area contributed by atoms with E-state index in [9.17, 15) is 9.59 Å². The van der Waals surface area contributed by atoms with Gasteiger partial charge in [0, 0.05) is 18.3 Å². The zero-order valence-corrected chi connectivity index (χ0v) is 15.7. The van der Waals surface area contributed by atoms with E-state index in [-0.39, 0.29) is 17.7 Å². The van der Waals surface area contributed by atoms with Crippen LogP contribution in [0.5, 0.6) is 5.75 Å². The Morgan fingerprint density at radius 1 is 1.04 bits per heavy atom. The highest BCUT2D eigenvalue weighted by Gasteiger charge is 2.28. The zero-order valence-electron chi connectivity index (χ0n) is 15.7. The second-order valence-electron chi connectivity index (χ2n) is 6.39. The summed E-state index contributed by atoms with van der Waals surface area (Å²) in [4.78, 5) is 27.0. The van der Waals surface area contributed by atoms with Crippen LogP contribution in [0.3, 0.4) is 0 Å². The van der Waals surface area contributed by atoms with Crippen LogP contribution in [0.2, 0.25) is 0 Å². The van der Waals surface area contributed by atoms with Crippen LogP contribution < -0.4 is 15.0 Å². The molecule has 0 bridgehead atoms. The molecule has 0 heterocycles. The molecule has 2 aromatic carbocycles. The highest BCUT2D eigenvalue weighted by Crippen LogP contribution is 2.16. The Balaban J connectivity index is 2.11. The molecule has 0 saturated carbocycles. The Hall–Kier alpha value is -2.82. The Kier molecular flexibility index (Phi) is 6.78. The standard InChI is InChI=1S/C21H26N2O3/c1-5-26-18-13-11-16(12-14-18)20(24)22-19(15(2)3)21(25)23(4)17-9-7-6-8-10-17/h6-15,19H,5H2,1-4H3,(H,22,24). The second kappa shape index (κ2) is 9.04. The first-order chi connectivity index (χ1) is 12.4. The maximum absolute atomic E-state index is 12.9. The van der Waals surface area contributed by atoms with Gasteiger partial charge < -0.3 is 15.0 Å². The minimum Gasteiger partial charge on any atom is -0.494 e. The molecule has 5 nitrogen and oxygen atoms in total. The molecule has 0 spiro atoms. The number of nitrogens with zero attached hydrogens (tertiary/aromatic N) is 1. The van der Waals surface area contributed by atoms with Crippen LogP contribution in [-0.4, -0.2) is 31.5 Å². The Morgan fingerprint density at radius 3 is 2.19 bits per heavy atom. The molecule has 1 atom stereocenters. The molecule has 1 N–H and O–H groups in total. The van der Waals surface area contributed by atoms with Crippen molar-refractivity contribution < 1.29 is 14.3 Å². The normalized spacial score (nSPS) is 11.7. The average molecular weight is 354 g/mol. The molecule has 0 aliphatic carbocycles. The predicted molar refractivity (Wildman–Crippen MR) is 104 cm³/mol. The highest BCUT2D eigenvalue weighted by atomic mass is 16.5. The van der Waals surface area contributed by atoms with Gasteiger partial charge in [-0.2, -0.15) is 0 Å². The number of para-hydroxylation sites is 1. The Bertz CT molecular complexity index is 727. The van der Waals surface area contributed by atoms with E-state index in [0.717, 1.165) is 5.69 Å². The van der Waals surface area contributed by atoms with E-state index >= 15 is 0 Å². The minimum atomic E-state index is -0.612. The van der Waals surface area contributed by atoms with Gasteiger partial charge in [0.2, 0.25) is 5.91 Å². The summed E-state index contributed by atoms with van der Waals surface area (Å²) in [5, 5.41) is 2.86. The summed E-state index contributed by atoms with van der Waals surface area (Å²) in [6.07, 6.45) is 0. The van der Waals surface area contributed by atoms with Gasteiger partial charge in [-0.05, 0) is 49.2 Å². The molecular weight excluding hydrogens is 328 g/mol. The van der Waals surface area contributed by atoms with Gasteiger partial charge in [0.25, 0.3) is 5.91 Å². The van der Waals surface area contributed by atoms with Gasteiger partial charge in [-0.3, -0.25) is 9.59 Å².